The summed E-state index contributed by atoms with van der Waals surface area (Å²) < 4.78 is 45.3. The van der Waals surface area contributed by atoms with Crippen molar-refractivity contribution in [2.45, 2.75) is 17.9 Å². The van der Waals surface area contributed by atoms with Crippen LogP contribution in [0.4, 0.5) is 4.39 Å². The number of methoxy groups -OCH3 is 1. The van der Waals surface area contributed by atoms with E-state index in [4.69, 9.17) is 4.74 Å². The van der Waals surface area contributed by atoms with E-state index in [-0.39, 0.29) is 22.6 Å². The molecule has 0 saturated heterocycles. The molecular weight excluding hydrogens is 389 g/mol. The summed E-state index contributed by atoms with van der Waals surface area (Å²) in [5.41, 5.74) is 4.13. The molecular formula is C18H20FN3O5S. The standard InChI is InChI=1S/C18H20FN3O5S/c1-12(11-27-2)22-28(25,26)14-9-7-13(8-10-14)17(23)20-21-18(24)15-5-3-4-6-16(15)19/h3-10,12,22H,11H2,1-2H3,(H,20,23)(H,21,24)/t12-/m0/s1. The van der Waals surface area contributed by atoms with Gasteiger partial charge in [0.05, 0.1) is 17.1 Å². The first-order chi connectivity index (χ1) is 13.2. The zero-order valence-corrected chi connectivity index (χ0v) is 16.0. The molecule has 0 bridgehead atoms. The van der Waals surface area contributed by atoms with E-state index in [1.54, 1.807) is 6.92 Å². The number of benzene rings is 2. The van der Waals surface area contributed by atoms with Crippen LogP contribution in [0.25, 0.3) is 0 Å². The molecule has 2 rings (SSSR count). The number of hydrogen-bond acceptors (Lipinski definition) is 5. The molecule has 0 fully saturated rings. The smallest absolute Gasteiger partial charge is 0.272 e. The third kappa shape index (κ3) is 5.59. The summed E-state index contributed by atoms with van der Waals surface area (Å²) in [5, 5.41) is 0. The molecule has 150 valence electrons. The molecule has 0 unspecified atom stereocenters. The summed E-state index contributed by atoms with van der Waals surface area (Å²) in [5.74, 6) is -2.23. The third-order valence-electron chi connectivity index (χ3n) is 3.61. The minimum Gasteiger partial charge on any atom is -0.383 e. The number of hydrazine groups is 1. The van der Waals surface area contributed by atoms with E-state index in [0.29, 0.717) is 0 Å². The Hall–Kier alpha value is -2.82. The van der Waals surface area contributed by atoms with Gasteiger partial charge in [-0.1, -0.05) is 12.1 Å². The lowest BCUT2D eigenvalue weighted by molar-refractivity contribution is 0.0844. The van der Waals surface area contributed by atoms with Crippen LogP contribution >= 0.6 is 0 Å². The molecule has 28 heavy (non-hydrogen) atoms. The number of nitrogens with one attached hydrogen (secondary N) is 3. The highest BCUT2D eigenvalue weighted by Gasteiger charge is 2.18. The van der Waals surface area contributed by atoms with Crippen molar-refractivity contribution in [1.82, 2.24) is 15.6 Å². The quantitative estimate of drug-likeness (QED) is 0.595. The maximum absolute atomic E-state index is 13.5. The lowest BCUT2D eigenvalue weighted by Crippen LogP contribution is -2.42. The van der Waals surface area contributed by atoms with E-state index in [0.717, 1.165) is 6.07 Å². The van der Waals surface area contributed by atoms with E-state index in [9.17, 15) is 22.4 Å². The average molecular weight is 409 g/mol. The van der Waals surface area contributed by atoms with E-state index in [1.165, 1.54) is 49.6 Å². The van der Waals surface area contributed by atoms with Crippen LogP contribution in [0.2, 0.25) is 0 Å². The lowest BCUT2D eigenvalue weighted by Gasteiger charge is -2.13. The first-order valence-corrected chi connectivity index (χ1v) is 9.69. The normalized spacial score (nSPS) is 12.2. The summed E-state index contributed by atoms with van der Waals surface area (Å²) in [6.45, 7) is 1.86. The van der Waals surface area contributed by atoms with Gasteiger partial charge in [-0.05, 0) is 43.3 Å². The maximum atomic E-state index is 13.5. The van der Waals surface area contributed by atoms with Gasteiger partial charge in [0.25, 0.3) is 11.8 Å². The van der Waals surface area contributed by atoms with Gasteiger partial charge >= 0.3 is 0 Å². The van der Waals surface area contributed by atoms with Crippen molar-refractivity contribution in [2.24, 2.45) is 0 Å². The fourth-order valence-corrected chi connectivity index (χ4v) is 3.53. The average Bonchev–Trinajstić information content (AvgIpc) is 2.66. The van der Waals surface area contributed by atoms with Gasteiger partial charge in [0, 0.05) is 18.7 Å². The zero-order chi connectivity index (χ0) is 20.7. The van der Waals surface area contributed by atoms with E-state index in [2.05, 4.69) is 15.6 Å². The largest absolute Gasteiger partial charge is 0.383 e. The zero-order valence-electron chi connectivity index (χ0n) is 15.2. The minimum atomic E-state index is -3.76. The Kier molecular flexibility index (Phi) is 7.21. The van der Waals surface area contributed by atoms with Crippen LogP contribution in [0, 0.1) is 5.82 Å². The highest BCUT2D eigenvalue weighted by Crippen LogP contribution is 2.11. The van der Waals surface area contributed by atoms with Gasteiger partial charge in [-0.15, -0.1) is 0 Å². The van der Waals surface area contributed by atoms with Crippen LogP contribution in [-0.4, -0.2) is 40.0 Å². The molecule has 0 heterocycles. The van der Waals surface area contributed by atoms with E-state index in [1.807, 2.05) is 0 Å². The Morgan fingerprint density at radius 3 is 2.25 bits per heavy atom. The van der Waals surface area contributed by atoms with Crippen molar-refractivity contribution in [1.29, 1.82) is 0 Å². The van der Waals surface area contributed by atoms with Gasteiger partial charge in [0.2, 0.25) is 10.0 Å². The molecule has 0 aliphatic carbocycles. The molecule has 2 aromatic carbocycles. The van der Waals surface area contributed by atoms with Crippen LogP contribution < -0.4 is 15.6 Å². The SMILES string of the molecule is COC[C@H](C)NS(=O)(=O)c1ccc(C(=O)NNC(=O)c2ccccc2F)cc1. The predicted octanol–water partition coefficient (Wildman–Crippen LogP) is 1.21. The Labute approximate surface area is 162 Å². The molecule has 2 amide bonds. The number of rotatable bonds is 7. The van der Waals surface area contributed by atoms with Crippen molar-refractivity contribution >= 4 is 21.8 Å². The molecule has 0 aliphatic heterocycles. The number of carbonyl (C=O) groups excluding carboxylic acids is 2. The predicted molar refractivity (Wildman–Crippen MR) is 99.4 cm³/mol. The van der Waals surface area contributed by atoms with Crippen molar-refractivity contribution in [2.75, 3.05) is 13.7 Å². The Morgan fingerprint density at radius 2 is 1.64 bits per heavy atom. The molecule has 2 aromatic rings. The number of carbonyl (C=O) groups is 2. The molecule has 8 nitrogen and oxygen atoms in total. The molecule has 0 aromatic heterocycles. The van der Waals surface area contributed by atoms with Crippen molar-refractivity contribution in [3.8, 4) is 0 Å². The summed E-state index contributed by atoms with van der Waals surface area (Å²) in [4.78, 5) is 23.9. The van der Waals surface area contributed by atoms with Gasteiger partial charge in [-0.2, -0.15) is 0 Å². The molecule has 1 atom stereocenters. The Balaban J connectivity index is 2.00. The van der Waals surface area contributed by atoms with Gasteiger partial charge in [0.15, 0.2) is 0 Å². The second kappa shape index (κ2) is 9.40. The number of ether oxygens (including phenoxy) is 1. The maximum Gasteiger partial charge on any atom is 0.272 e. The molecule has 0 aliphatic rings. The fourth-order valence-electron chi connectivity index (χ4n) is 2.30. The van der Waals surface area contributed by atoms with Gasteiger partial charge in [-0.25, -0.2) is 17.5 Å². The monoisotopic (exact) mass is 409 g/mol. The first kappa shape index (κ1) is 21.5. The molecule has 0 spiro atoms. The number of hydrogen-bond donors (Lipinski definition) is 3. The van der Waals surface area contributed by atoms with Crippen molar-refractivity contribution in [3.05, 3.63) is 65.5 Å². The topological polar surface area (TPSA) is 114 Å². The van der Waals surface area contributed by atoms with Crippen molar-refractivity contribution < 1.29 is 27.1 Å². The lowest BCUT2D eigenvalue weighted by atomic mass is 10.2. The second-order valence-corrected chi connectivity index (χ2v) is 7.60. The Morgan fingerprint density at radius 1 is 1.04 bits per heavy atom. The van der Waals surface area contributed by atoms with Crippen LogP contribution in [0.3, 0.4) is 0 Å². The Bertz CT molecular complexity index is 948. The summed E-state index contributed by atoms with van der Waals surface area (Å²) in [7, 11) is -2.30. The summed E-state index contributed by atoms with van der Waals surface area (Å²) in [6.07, 6.45) is 0. The second-order valence-electron chi connectivity index (χ2n) is 5.89. The third-order valence-corrected chi connectivity index (χ3v) is 5.21. The van der Waals surface area contributed by atoms with Crippen LogP contribution in [-0.2, 0) is 14.8 Å². The summed E-state index contributed by atoms with van der Waals surface area (Å²) in [6, 6.07) is 9.99. The van der Waals surface area contributed by atoms with E-state index >= 15 is 0 Å². The van der Waals surface area contributed by atoms with Crippen LogP contribution in [0.5, 0.6) is 0 Å². The van der Waals surface area contributed by atoms with Crippen molar-refractivity contribution in [3.63, 3.8) is 0 Å². The number of sulfonamides is 1. The first-order valence-electron chi connectivity index (χ1n) is 8.21. The van der Waals surface area contributed by atoms with Gasteiger partial charge in [-0.3, -0.25) is 20.4 Å². The molecule has 0 saturated carbocycles. The highest BCUT2D eigenvalue weighted by molar-refractivity contribution is 7.89. The summed E-state index contributed by atoms with van der Waals surface area (Å²) >= 11 is 0. The fraction of sp³-hybridized carbons (Fsp3) is 0.222. The molecule has 10 heteroatoms. The highest BCUT2D eigenvalue weighted by atomic mass is 32.2. The number of amides is 2. The molecule has 0 radical (unpaired) electrons. The van der Waals surface area contributed by atoms with Gasteiger partial charge in [0.1, 0.15) is 5.82 Å². The van der Waals surface area contributed by atoms with Crippen LogP contribution in [0.1, 0.15) is 27.6 Å². The van der Waals surface area contributed by atoms with Crippen LogP contribution in [0.15, 0.2) is 53.4 Å². The van der Waals surface area contributed by atoms with Gasteiger partial charge < -0.3 is 4.74 Å². The molecule has 3 N–H and O–H groups in total. The number of halogens is 1. The minimum absolute atomic E-state index is 0.0256. The van der Waals surface area contributed by atoms with E-state index < -0.39 is 33.7 Å².